The lowest BCUT2D eigenvalue weighted by atomic mass is 10.1. The van der Waals surface area contributed by atoms with Crippen molar-refractivity contribution >= 4 is 33.2 Å². The van der Waals surface area contributed by atoms with Crippen molar-refractivity contribution in [2.24, 2.45) is 0 Å². The van der Waals surface area contributed by atoms with Gasteiger partial charge in [-0.25, -0.2) is 13.1 Å². The van der Waals surface area contributed by atoms with Gasteiger partial charge in [0, 0.05) is 10.7 Å². The fourth-order valence-electron chi connectivity index (χ4n) is 2.01. The Labute approximate surface area is 140 Å². The zero-order valence-corrected chi connectivity index (χ0v) is 14.3. The fourth-order valence-corrected chi connectivity index (χ4v) is 3.11. The molecular weight excluding hydrogens is 336 g/mol. The summed E-state index contributed by atoms with van der Waals surface area (Å²) in [6.45, 7) is 3.48. The molecule has 0 atom stereocenters. The highest BCUT2D eigenvalue weighted by Crippen LogP contribution is 2.16. The van der Waals surface area contributed by atoms with E-state index >= 15 is 0 Å². The third-order valence-electron chi connectivity index (χ3n) is 3.20. The van der Waals surface area contributed by atoms with E-state index in [-0.39, 0.29) is 11.4 Å². The van der Waals surface area contributed by atoms with Crippen molar-refractivity contribution in [3.63, 3.8) is 0 Å². The molecule has 0 aliphatic rings. The van der Waals surface area contributed by atoms with Crippen LogP contribution in [0.1, 0.15) is 11.1 Å². The van der Waals surface area contributed by atoms with Gasteiger partial charge in [-0.15, -0.1) is 0 Å². The van der Waals surface area contributed by atoms with Crippen molar-refractivity contribution in [1.82, 2.24) is 4.72 Å². The average molecular weight is 353 g/mol. The molecule has 0 aliphatic heterocycles. The molecule has 0 unspecified atom stereocenters. The normalized spacial score (nSPS) is 11.3. The number of carbonyl (C=O) groups is 1. The highest BCUT2D eigenvalue weighted by atomic mass is 35.5. The SMILES string of the molecule is Cc1ccc(NC(=O)CNS(=O)(=O)c2ccc(Cl)cc2)c(C)c1. The van der Waals surface area contributed by atoms with E-state index in [1.165, 1.54) is 24.3 Å². The predicted octanol–water partition coefficient (Wildman–Crippen LogP) is 2.87. The lowest BCUT2D eigenvalue weighted by molar-refractivity contribution is -0.115. The summed E-state index contributed by atoms with van der Waals surface area (Å²) in [5, 5.41) is 3.12. The quantitative estimate of drug-likeness (QED) is 0.868. The Balaban J connectivity index is 1.99. The van der Waals surface area contributed by atoms with E-state index in [0.717, 1.165) is 11.1 Å². The maximum absolute atomic E-state index is 12.1. The molecule has 7 heteroatoms. The second kappa shape index (κ2) is 7.12. The third kappa shape index (κ3) is 4.79. The molecule has 2 aromatic carbocycles. The number of hydrogen-bond donors (Lipinski definition) is 2. The molecule has 2 rings (SSSR count). The van der Waals surface area contributed by atoms with Crippen LogP contribution in [0.15, 0.2) is 47.4 Å². The average Bonchev–Trinajstić information content (AvgIpc) is 2.49. The van der Waals surface area contributed by atoms with Crippen LogP contribution in [0.2, 0.25) is 5.02 Å². The maximum Gasteiger partial charge on any atom is 0.241 e. The summed E-state index contributed by atoms with van der Waals surface area (Å²) >= 11 is 5.73. The Hall–Kier alpha value is -1.89. The molecular formula is C16H17ClN2O3S. The third-order valence-corrected chi connectivity index (χ3v) is 4.87. The summed E-state index contributed by atoms with van der Waals surface area (Å²) in [7, 11) is -3.75. The molecule has 0 saturated carbocycles. The van der Waals surface area contributed by atoms with Gasteiger partial charge in [0.1, 0.15) is 0 Å². The van der Waals surface area contributed by atoms with E-state index in [1.54, 1.807) is 6.07 Å². The second-order valence-electron chi connectivity index (χ2n) is 5.15. The lowest BCUT2D eigenvalue weighted by Crippen LogP contribution is -2.33. The number of nitrogens with one attached hydrogen (secondary N) is 2. The number of sulfonamides is 1. The summed E-state index contributed by atoms with van der Waals surface area (Å²) < 4.78 is 26.4. The predicted molar refractivity (Wildman–Crippen MR) is 91.2 cm³/mol. The molecule has 122 valence electrons. The highest BCUT2D eigenvalue weighted by Gasteiger charge is 2.15. The molecule has 0 aliphatic carbocycles. The molecule has 0 saturated heterocycles. The van der Waals surface area contributed by atoms with Crippen molar-refractivity contribution < 1.29 is 13.2 Å². The van der Waals surface area contributed by atoms with Gasteiger partial charge < -0.3 is 5.32 Å². The topological polar surface area (TPSA) is 75.3 Å². The second-order valence-corrected chi connectivity index (χ2v) is 7.35. The van der Waals surface area contributed by atoms with E-state index in [2.05, 4.69) is 10.0 Å². The molecule has 1 amide bonds. The first-order valence-corrected chi connectivity index (χ1v) is 8.76. The molecule has 2 aromatic rings. The Morgan fingerprint density at radius 3 is 2.35 bits per heavy atom. The first kappa shape index (κ1) is 17.5. The fraction of sp³-hybridized carbons (Fsp3) is 0.188. The minimum atomic E-state index is -3.75. The van der Waals surface area contributed by atoms with E-state index in [1.807, 2.05) is 26.0 Å². The summed E-state index contributed by atoms with van der Waals surface area (Å²) in [6.07, 6.45) is 0. The van der Waals surface area contributed by atoms with Gasteiger partial charge in [-0.05, 0) is 49.7 Å². The van der Waals surface area contributed by atoms with Crippen LogP contribution in [0.4, 0.5) is 5.69 Å². The zero-order chi connectivity index (χ0) is 17.0. The molecule has 2 N–H and O–H groups in total. The van der Waals surface area contributed by atoms with Crippen LogP contribution in [-0.2, 0) is 14.8 Å². The van der Waals surface area contributed by atoms with Gasteiger partial charge in [0.2, 0.25) is 15.9 Å². The Morgan fingerprint density at radius 2 is 1.74 bits per heavy atom. The van der Waals surface area contributed by atoms with E-state index < -0.39 is 15.9 Å². The van der Waals surface area contributed by atoms with Crippen LogP contribution in [-0.4, -0.2) is 20.9 Å². The van der Waals surface area contributed by atoms with Crippen LogP contribution < -0.4 is 10.0 Å². The van der Waals surface area contributed by atoms with E-state index in [4.69, 9.17) is 11.6 Å². The van der Waals surface area contributed by atoms with Gasteiger partial charge in [-0.3, -0.25) is 4.79 Å². The number of benzene rings is 2. The zero-order valence-electron chi connectivity index (χ0n) is 12.8. The number of amides is 1. The van der Waals surface area contributed by atoms with Gasteiger partial charge in [0.25, 0.3) is 0 Å². The van der Waals surface area contributed by atoms with Crippen molar-refractivity contribution in [3.05, 3.63) is 58.6 Å². The molecule has 5 nitrogen and oxygen atoms in total. The van der Waals surface area contributed by atoms with Gasteiger partial charge in [0.05, 0.1) is 11.4 Å². The summed E-state index contributed by atoms with van der Waals surface area (Å²) in [6, 6.07) is 11.3. The van der Waals surface area contributed by atoms with Crippen LogP contribution in [0.5, 0.6) is 0 Å². The van der Waals surface area contributed by atoms with E-state index in [0.29, 0.717) is 10.7 Å². The molecule has 23 heavy (non-hydrogen) atoms. The number of carbonyl (C=O) groups excluding carboxylic acids is 1. The first-order chi connectivity index (χ1) is 10.8. The van der Waals surface area contributed by atoms with Crippen LogP contribution in [0.3, 0.4) is 0 Å². The minimum absolute atomic E-state index is 0.0567. The Morgan fingerprint density at radius 1 is 1.09 bits per heavy atom. The smallest absolute Gasteiger partial charge is 0.241 e. The van der Waals surface area contributed by atoms with Gasteiger partial charge in [-0.1, -0.05) is 29.3 Å². The van der Waals surface area contributed by atoms with Gasteiger partial charge in [-0.2, -0.15) is 0 Å². The molecule has 0 aromatic heterocycles. The summed E-state index contributed by atoms with van der Waals surface area (Å²) in [5.41, 5.74) is 2.66. The molecule has 0 heterocycles. The van der Waals surface area contributed by atoms with Gasteiger partial charge >= 0.3 is 0 Å². The number of hydrogen-bond acceptors (Lipinski definition) is 3. The summed E-state index contributed by atoms with van der Waals surface area (Å²) in [4.78, 5) is 12.0. The van der Waals surface area contributed by atoms with Crippen LogP contribution in [0.25, 0.3) is 0 Å². The lowest BCUT2D eigenvalue weighted by Gasteiger charge is -2.10. The standard InChI is InChI=1S/C16H17ClN2O3S/c1-11-3-8-15(12(2)9-11)19-16(20)10-18-23(21,22)14-6-4-13(17)5-7-14/h3-9,18H,10H2,1-2H3,(H,19,20). The van der Waals surface area contributed by atoms with Crippen molar-refractivity contribution in [2.75, 3.05) is 11.9 Å². The largest absolute Gasteiger partial charge is 0.325 e. The van der Waals surface area contributed by atoms with Crippen LogP contribution >= 0.6 is 11.6 Å². The van der Waals surface area contributed by atoms with Gasteiger partial charge in [0.15, 0.2) is 0 Å². The number of rotatable bonds is 5. The van der Waals surface area contributed by atoms with Crippen molar-refractivity contribution in [3.8, 4) is 0 Å². The van der Waals surface area contributed by atoms with Crippen molar-refractivity contribution in [2.45, 2.75) is 18.7 Å². The molecule has 0 spiro atoms. The number of anilines is 1. The Bertz CT molecular complexity index is 818. The van der Waals surface area contributed by atoms with Crippen LogP contribution in [0, 0.1) is 13.8 Å². The Kier molecular flexibility index (Phi) is 5.41. The van der Waals surface area contributed by atoms with E-state index in [9.17, 15) is 13.2 Å². The first-order valence-electron chi connectivity index (χ1n) is 6.90. The number of halogens is 1. The minimum Gasteiger partial charge on any atom is -0.325 e. The molecule has 0 fully saturated rings. The molecule has 0 bridgehead atoms. The highest BCUT2D eigenvalue weighted by molar-refractivity contribution is 7.89. The summed E-state index contributed by atoms with van der Waals surface area (Å²) in [5.74, 6) is -0.436. The maximum atomic E-state index is 12.1. The monoisotopic (exact) mass is 352 g/mol. The number of aryl methyl sites for hydroxylation is 2. The van der Waals surface area contributed by atoms with Crippen molar-refractivity contribution in [1.29, 1.82) is 0 Å². The molecule has 0 radical (unpaired) electrons.